The molecule has 0 saturated heterocycles. The average molecular weight is 514 g/mol. The number of ether oxygens (including phenoxy) is 7. The van der Waals surface area contributed by atoms with Gasteiger partial charge in [-0.3, -0.25) is 0 Å². The average Bonchev–Trinajstić information content (AvgIpc) is 3.50. The highest BCUT2D eigenvalue weighted by molar-refractivity contribution is 5.97. The Morgan fingerprint density at radius 1 is 1.03 bits per heavy atom. The molecule has 2 aromatic rings. The second-order valence-electron chi connectivity index (χ2n) is 8.68. The summed E-state index contributed by atoms with van der Waals surface area (Å²) >= 11 is 0. The summed E-state index contributed by atoms with van der Waals surface area (Å²) in [6.45, 7) is 1.07. The summed E-state index contributed by atoms with van der Waals surface area (Å²) in [6, 6.07) is 10.2. The summed E-state index contributed by atoms with van der Waals surface area (Å²) in [4.78, 5) is 15.1. The van der Waals surface area contributed by atoms with Crippen molar-refractivity contribution >= 4 is 5.97 Å². The Hall–Kier alpha value is -3.89. The molecule has 10 heteroatoms. The lowest BCUT2D eigenvalue weighted by molar-refractivity contribution is -0.186. The largest absolute Gasteiger partial charge is 0.497 e. The van der Waals surface area contributed by atoms with E-state index in [9.17, 15) is 9.90 Å². The Bertz CT molecular complexity index is 1200. The molecule has 0 aliphatic carbocycles. The minimum Gasteiger partial charge on any atom is -0.497 e. The highest BCUT2D eigenvalue weighted by Gasteiger charge is 2.49. The Morgan fingerprint density at radius 2 is 1.76 bits per heavy atom. The van der Waals surface area contributed by atoms with Crippen molar-refractivity contribution in [1.29, 1.82) is 0 Å². The topological polar surface area (TPSA) is 105 Å². The zero-order valence-corrected chi connectivity index (χ0v) is 21.5. The second kappa shape index (κ2) is 11.0. The Balaban J connectivity index is 1.79. The lowest BCUT2D eigenvalue weighted by Crippen LogP contribution is -2.29. The molecule has 2 aliphatic heterocycles. The van der Waals surface area contributed by atoms with Crippen LogP contribution in [0.25, 0.3) is 0 Å². The van der Waals surface area contributed by atoms with E-state index in [-0.39, 0.29) is 30.1 Å². The number of benzene rings is 2. The number of hydrogen-bond donors (Lipinski definition) is 1. The molecule has 0 saturated carbocycles. The molecular weight excluding hydrogens is 482 g/mol. The lowest BCUT2D eigenvalue weighted by atomic mass is 9.89. The second-order valence-corrected chi connectivity index (χ2v) is 8.68. The van der Waals surface area contributed by atoms with Crippen molar-refractivity contribution in [1.82, 2.24) is 4.90 Å². The maximum Gasteiger partial charge on any atom is 0.345 e. The first-order chi connectivity index (χ1) is 17.8. The number of hydrogen-bond acceptors (Lipinski definition) is 10. The maximum atomic E-state index is 13.1. The maximum absolute atomic E-state index is 13.1. The minimum absolute atomic E-state index is 0.0411. The molecule has 4 rings (SSSR count). The first kappa shape index (κ1) is 26.2. The van der Waals surface area contributed by atoms with E-state index in [1.165, 1.54) is 20.5 Å². The van der Waals surface area contributed by atoms with E-state index in [1.807, 2.05) is 19.0 Å². The fourth-order valence-corrected chi connectivity index (χ4v) is 4.15. The van der Waals surface area contributed by atoms with Crippen molar-refractivity contribution in [2.24, 2.45) is 0 Å². The van der Waals surface area contributed by atoms with E-state index in [0.29, 0.717) is 47.3 Å². The molecule has 198 valence electrons. The monoisotopic (exact) mass is 513 g/mol. The van der Waals surface area contributed by atoms with E-state index in [1.54, 1.807) is 43.5 Å². The van der Waals surface area contributed by atoms with Gasteiger partial charge in [0.25, 0.3) is 5.79 Å². The molecule has 0 aromatic heterocycles. The van der Waals surface area contributed by atoms with Crippen molar-refractivity contribution in [3.63, 3.8) is 0 Å². The van der Waals surface area contributed by atoms with E-state index in [2.05, 4.69) is 0 Å². The number of nitrogens with zero attached hydrogens (tertiary/aromatic N) is 1. The summed E-state index contributed by atoms with van der Waals surface area (Å²) in [7, 11) is 8.51. The van der Waals surface area contributed by atoms with Crippen LogP contribution in [0.4, 0.5) is 0 Å². The first-order valence-corrected chi connectivity index (χ1v) is 11.6. The Morgan fingerprint density at radius 3 is 2.35 bits per heavy atom. The Kier molecular flexibility index (Phi) is 7.80. The molecule has 0 radical (unpaired) electrons. The predicted molar refractivity (Wildman–Crippen MR) is 132 cm³/mol. The van der Waals surface area contributed by atoms with Crippen LogP contribution in [0.2, 0.25) is 0 Å². The van der Waals surface area contributed by atoms with E-state index < -0.39 is 11.8 Å². The number of carbonyl (C=O) groups excluding carboxylic acids is 1. The van der Waals surface area contributed by atoms with Crippen LogP contribution in [0.3, 0.4) is 0 Å². The zero-order valence-electron chi connectivity index (χ0n) is 21.5. The smallest absolute Gasteiger partial charge is 0.345 e. The molecule has 37 heavy (non-hydrogen) atoms. The van der Waals surface area contributed by atoms with Crippen LogP contribution in [0.15, 0.2) is 59.6 Å². The van der Waals surface area contributed by atoms with Crippen LogP contribution in [0.1, 0.15) is 11.1 Å². The Labute approximate surface area is 215 Å². The van der Waals surface area contributed by atoms with E-state index >= 15 is 0 Å². The summed E-state index contributed by atoms with van der Waals surface area (Å²) < 4.78 is 38.6. The highest BCUT2D eigenvalue weighted by Crippen LogP contribution is 2.46. The van der Waals surface area contributed by atoms with Gasteiger partial charge in [0, 0.05) is 24.1 Å². The lowest BCUT2D eigenvalue weighted by Gasteiger charge is -2.26. The summed E-state index contributed by atoms with van der Waals surface area (Å²) in [5.74, 6) is -0.639. The predicted octanol–water partition coefficient (Wildman–Crippen LogP) is 2.74. The molecule has 1 atom stereocenters. The molecule has 0 fully saturated rings. The summed E-state index contributed by atoms with van der Waals surface area (Å²) in [6.07, 6.45) is 1.44. The summed E-state index contributed by atoms with van der Waals surface area (Å²) in [5.41, 5.74) is 1.43. The van der Waals surface area contributed by atoms with Gasteiger partial charge in [-0.15, -0.1) is 0 Å². The number of methoxy groups -OCH3 is 3. The third-order valence-corrected chi connectivity index (χ3v) is 6.04. The summed E-state index contributed by atoms with van der Waals surface area (Å²) in [5, 5.41) is 11.8. The third kappa shape index (κ3) is 5.30. The molecule has 2 aliphatic rings. The van der Waals surface area contributed by atoms with Gasteiger partial charge in [0.2, 0.25) is 12.5 Å². The van der Waals surface area contributed by atoms with Crippen LogP contribution in [-0.4, -0.2) is 71.3 Å². The van der Waals surface area contributed by atoms with Crippen LogP contribution in [0.5, 0.6) is 23.0 Å². The van der Waals surface area contributed by atoms with Gasteiger partial charge in [-0.05, 0) is 56.1 Å². The molecule has 0 spiro atoms. The number of carbonyl (C=O) groups is 1. The molecule has 1 unspecified atom stereocenters. The van der Waals surface area contributed by atoms with Gasteiger partial charge >= 0.3 is 5.97 Å². The molecule has 1 N–H and O–H groups in total. The molecular formula is C27H31NO9. The minimum atomic E-state index is -2.05. The van der Waals surface area contributed by atoms with Crippen molar-refractivity contribution in [2.45, 2.75) is 12.2 Å². The number of cyclic esters (lactones) is 1. The van der Waals surface area contributed by atoms with Crippen molar-refractivity contribution in [3.05, 3.63) is 70.7 Å². The van der Waals surface area contributed by atoms with Crippen molar-refractivity contribution in [2.75, 3.05) is 55.4 Å². The molecule has 10 nitrogen and oxygen atoms in total. The quantitative estimate of drug-likeness (QED) is 0.451. The van der Waals surface area contributed by atoms with Gasteiger partial charge in [0.1, 0.15) is 24.2 Å². The van der Waals surface area contributed by atoms with Gasteiger partial charge < -0.3 is 43.2 Å². The van der Waals surface area contributed by atoms with Gasteiger partial charge in [0.05, 0.1) is 21.3 Å². The molecule has 2 aromatic carbocycles. The normalized spacial score (nSPS) is 18.8. The number of likely N-dealkylation sites (N-methyl/N-ethyl adjacent to an activating group) is 1. The zero-order chi connectivity index (χ0) is 26.6. The number of rotatable bonds is 11. The fraction of sp³-hybridized carbons (Fsp3) is 0.370. The van der Waals surface area contributed by atoms with Crippen molar-refractivity contribution in [3.8, 4) is 23.0 Å². The number of esters is 1. The van der Waals surface area contributed by atoms with Crippen LogP contribution < -0.4 is 18.9 Å². The number of aliphatic hydroxyl groups is 1. The van der Waals surface area contributed by atoms with E-state index in [0.717, 1.165) is 0 Å². The molecule has 0 amide bonds. The molecule has 2 heterocycles. The van der Waals surface area contributed by atoms with Crippen molar-refractivity contribution < 1.29 is 43.1 Å². The highest BCUT2D eigenvalue weighted by atomic mass is 16.7. The first-order valence-electron chi connectivity index (χ1n) is 11.6. The van der Waals surface area contributed by atoms with Gasteiger partial charge in [-0.1, -0.05) is 0 Å². The van der Waals surface area contributed by atoms with Crippen LogP contribution in [0, 0.1) is 0 Å². The fourth-order valence-electron chi connectivity index (χ4n) is 4.15. The van der Waals surface area contributed by atoms with Crippen LogP contribution in [-0.2, 0) is 31.2 Å². The van der Waals surface area contributed by atoms with Gasteiger partial charge in [0.15, 0.2) is 17.3 Å². The third-order valence-electron chi connectivity index (χ3n) is 6.04. The van der Waals surface area contributed by atoms with E-state index in [4.69, 9.17) is 33.2 Å². The van der Waals surface area contributed by atoms with Gasteiger partial charge in [-0.2, -0.15) is 0 Å². The molecule has 0 bridgehead atoms. The standard InChI is InChI=1S/C27H31NO9/c1-28(2)10-11-35-22-14-17(13-21(32-4)25(22)33-5)12-20-24(23-15-34-16-36-23)26(29)37-27(20,30)18-6-8-19(31-3)9-7-18/h6-9,13-15,30H,10-12,16H2,1-5H3. The SMILES string of the molecule is COc1ccc(C2(O)OC(=O)C(C3=COCO3)=C2Cc2cc(OC)c(OC)c(OCCN(C)C)c2)cc1. The van der Waals surface area contributed by atoms with Gasteiger partial charge in [-0.25, -0.2) is 4.79 Å². The van der Waals surface area contributed by atoms with Crippen LogP contribution >= 0.6 is 0 Å².